The van der Waals surface area contributed by atoms with Gasteiger partial charge in [-0.1, -0.05) is 17.7 Å². The Morgan fingerprint density at radius 3 is 2.57 bits per heavy atom. The van der Waals surface area contributed by atoms with E-state index in [4.69, 9.17) is 36.7 Å². The van der Waals surface area contributed by atoms with Crippen LogP contribution in [0.15, 0.2) is 30.5 Å². The molecule has 2 N–H and O–H groups in total. The van der Waals surface area contributed by atoms with E-state index >= 15 is 0 Å². The number of carbonyl (C=O) groups excluding carboxylic acids is 1. The standard InChI is InChI=1S/C36H44ClN7O3/c1-21-13-28-26(18-40-44(28)29-9-7-8-12-46-29)31(32(21)37)30-22(2)43(41-33(30)23-10-11-27(39-6)24(14-23)17-38)25-15-36(16-25)19-42(20-36)34(45)47-35(3,4)5/h10-11,13-14,17-18,25,29,38-39H,7-9,12,15-16,19-20H2,1-6H3. The first-order valence-corrected chi connectivity index (χ1v) is 17.0. The highest BCUT2D eigenvalue weighted by atomic mass is 35.5. The van der Waals surface area contributed by atoms with Crippen molar-refractivity contribution in [1.29, 1.82) is 5.41 Å². The SMILES string of the molecule is CNc1ccc(-c2nn(C3CC4(C3)CN(C(=O)OC(C)(C)C)C4)c(C)c2-c2c(Cl)c(C)cc3c2cnn3C2CCCCO2)cc1C=N. The fourth-order valence-corrected chi connectivity index (χ4v) is 7.96. The maximum Gasteiger partial charge on any atom is 0.410 e. The van der Waals surface area contributed by atoms with Gasteiger partial charge in [0.25, 0.3) is 0 Å². The van der Waals surface area contributed by atoms with Crippen molar-refractivity contribution < 1.29 is 14.3 Å². The molecule has 1 amide bonds. The molecule has 7 rings (SSSR count). The van der Waals surface area contributed by atoms with E-state index in [9.17, 15) is 4.79 Å². The summed E-state index contributed by atoms with van der Waals surface area (Å²) >= 11 is 7.24. The molecule has 11 heteroatoms. The van der Waals surface area contributed by atoms with E-state index in [0.29, 0.717) is 18.1 Å². The predicted octanol–water partition coefficient (Wildman–Crippen LogP) is 8.15. The highest BCUT2D eigenvalue weighted by Crippen LogP contribution is 2.56. The normalized spacial score (nSPS) is 19.5. The number of aromatic nitrogens is 4. The van der Waals surface area contributed by atoms with Crippen LogP contribution < -0.4 is 5.32 Å². The summed E-state index contributed by atoms with van der Waals surface area (Å²) in [5.74, 6) is 0. The molecule has 1 unspecified atom stereocenters. The molecule has 2 aromatic carbocycles. The Morgan fingerprint density at radius 2 is 1.91 bits per heavy atom. The van der Waals surface area contributed by atoms with Gasteiger partial charge in [-0.15, -0.1) is 0 Å². The maximum atomic E-state index is 12.6. The first-order chi connectivity index (χ1) is 22.4. The van der Waals surface area contributed by atoms with Gasteiger partial charge in [0.15, 0.2) is 6.23 Å². The lowest BCUT2D eigenvalue weighted by atomic mass is 9.61. The van der Waals surface area contributed by atoms with Gasteiger partial charge in [-0.2, -0.15) is 10.2 Å². The molecule has 47 heavy (non-hydrogen) atoms. The van der Waals surface area contributed by atoms with Crippen LogP contribution >= 0.6 is 11.6 Å². The van der Waals surface area contributed by atoms with Crippen molar-refractivity contribution in [2.75, 3.05) is 32.1 Å². The highest BCUT2D eigenvalue weighted by molar-refractivity contribution is 6.36. The van der Waals surface area contributed by atoms with Crippen LogP contribution in [-0.4, -0.2) is 69.1 Å². The molecule has 2 aromatic heterocycles. The van der Waals surface area contributed by atoms with E-state index in [0.717, 1.165) is 94.5 Å². The van der Waals surface area contributed by atoms with E-state index in [1.54, 1.807) is 0 Å². The number of aryl methyl sites for hydroxylation is 1. The van der Waals surface area contributed by atoms with Gasteiger partial charge >= 0.3 is 6.09 Å². The van der Waals surface area contributed by atoms with Crippen LogP contribution in [0.3, 0.4) is 0 Å². The van der Waals surface area contributed by atoms with E-state index < -0.39 is 5.60 Å². The molecule has 10 nitrogen and oxygen atoms in total. The molecule has 1 spiro atoms. The lowest BCUT2D eigenvalue weighted by Crippen LogP contribution is -2.64. The van der Waals surface area contributed by atoms with Crippen LogP contribution in [0.4, 0.5) is 10.5 Å². The summed E-state index contributed by atoms with van der Waals surface area (Å²) in [7, 11) is 1.86. The summed E-state index contributed by atoms with van der Waals surface area (Å²) in [5, 5.41) is 23.1. The van der Waals surface area contributed by atoms with Crippen LogP contribution in [0, 0.1) is 24.7 Å². The number of nitrogens with zero attached hydrogens (tertiary/aromatic N) is 5. The zero-order chi connectivity index (χ0) is 33.2. The molecule has 248 valence electrons. The Kier molecular flexibility index (Phi) is 7.87. The zero-order valence-electron chi connectivity index (χ0n) is 28.1. The van der Waals surface area contributed by atoms with Crippen molar-refractivity contribution in [2.45, 2.75) is 84.6 Å². The van der Waals surface area contributed by atoms with Gasteiger partial charge in [-0.3, -0.25) is 4.68 Å². The zero-order valence-corrected chi connectivity index (χ0v) is 28.9. The molecule has 1 aliphatic carbocycles. The Morgan fingerprint density at radius 1 is 1.15 bits per heavy atom. The topological polar surface area (TPSA) is 110 Å². The van der Waals surface area contributed by atoms with Gasteiger partial charge in [0.2, 0.25) is 0 Å². The third kappa shape index (κ3) is 5.49. The van der Waals surface area contributed by atoms with Crippen molar-refractivity contribution in [3.8, 4) is 22.4 Å². The second kappa shape index (κ2) is 11.7. The monoisotopic (exact) mass is 657 g/mol. The molecule has 3 aliphatic rings. The van der Waals surface area contributed by atoms with E-state index in [2.05, 4.69) is 29.1 Å². The van der Waals surface area contributed by atoms with Crippen LogP contribution in [0.5, 0.6) is 0 Å². The lowest BCUT2D eigenvalue weighted by molar-refractivity contribution is -0.0930. The number of fused-ring (bicyclic) bond motifs is 1. The number of rotatable bonds is 6. The van der Waals surface area contributed by atoms with Crippen LogP contribution in [-0.2, 0) is 9.47 Å². The van der Waals surface area contributed by atoms with Gasteiger partial charge < -0.3 is 25.1 Å². The maximum absolute atomic E-state index is 12.6. The van der Waals surface area contributed by atoms with Crippen molar-refractivity contribution >= 4 is 40.5 Å². The van der Waals surface area contributed by atoms with Crippen LogP contribution in [0.25, 0.3) is 33.3 Å². The lowest BCUT2D eigenvalue weighted by Gasteiger charge is -2.58. The molecule has 4 heterocycles. The number of carbonyl (C=O) groups is 1. The van der Waals surface area contributed by atoms with Gasteiger partial charge in [0.05, 0.1) is 22.8 Å². The number of anilines is 1. The summed E-state index contributed by atoms with van der Waals surface area (Å²) in [6.45, 7) is 12.0. The second-order valence-corrected chi connectivity index (χ2v) is 15.0. The summed E-state index contributed by atoms with van der Waals surface area (Å²) in [6.07, 6.45) is 7.92. The smallest absolute Gasteiger partial charge is 0.410 e. The molecule has 0 bridgehead atoms. The van der Waals surface area contributed by atoms with Crippen molar-refractivity contribution in [3.63, 3.8) is 0 Å². The van der Waals surface area contributed by atoms with Crippen molar-refractivity contribution in [1.82, 2.24) is 24.5 Å². The number of hydrogen-bond donors (Lipinski definition) is 2. The molecule has 3 fully saturated rings. The van der Waals surface area contributed by atoms with E-state index in [-0.39, 0.29) is 23.8 Å². The number of amides is 1. The third-order valence-electron chi connectivity index (χ3n) is 9.99. The average molecular weight is 658 g/mol. The number of likely N-dealkylation sites (tertiary alicyclic amines) is 1. The minimum Gasteiger partial charge on any atom is -0.444 e. The van der Waals surface area contributed by atoms with Gasteiger partial charge in [0.1, 0.15) is 11.3 Å². The molecule has 1 atom stereocenters. The van der Waals surface area contributed by atoms with Crippen LogP contribution in [0.1, 0.15) is 82.0 Å². The van der Waals surface area contributed by atoms with E-state index in [1.807, 2.05) is 62.7 Å². The van der Waals surface area contributed by atoms with Gasteiger partial charge in [0, 0.05) is 77.4 Å². The first-order valence-electron chi connectivity index (χ1n) is 16.6. The van der Waals surface area contributed by atoms with Crippen LogP contribution in [0.2, 0.25) is 5.02 Å². The number of nitrogens with one attached hydrogen (secondary N) is 2. The molecular formula is C36H44ClN7O3. The summed E-state index contributed by atoms with van der Waals surface area (Å²) in [4.78, 5) is 14.5. The van der Waals surface area contributed by atoms with E-state index in [1.165, 1.54) is 6.21 Å². The quantitative estimate of drug-likeness (QED) is 0.203. The number of hydrogen-bond acceptors (Lipinski definition) is 7. The molecule has 2 aliphatic heterocycles. The number of benzene rings is 2. The Bertz CT molecular complexity index is 1870. The Balaban J connectivity index is 1.30. The Hall–Kier alpha value is -3.89. The largest absolute Gasteiger partial charge is 0.444 e. The minimum absolute atomic E-state index is 0.0947. The third-order valence-corrected chi connectivity index (χ3v) is 10.5. The summed E-state index contributed by atoms with van der Waals surface area (Å²) in [5.41, 5.74) is 7.90. The molecule has 2 saturated heterocycles. The van der Waals surface area contributed by atoms with Crippen molar-refractivity contribution in [2.24, 2.45) is 5.41 Å². The fourth-order valence-electron chi connectivity index (χ4n) is 7.71. The number of ether oxygens (including phenoxy) is 2. The molecule has 4 aromatic rings. The summed E-state index contributed by atoms with van der Waals surface area (Å²) in [6, 6.07) is 8.38. The van der Waals surface area contributed by atoms with Crippen molar-refractivity contribution in [3.05, 3.63) is 52.3 Å². The second-order valence-electron chi connectivity index (χ2n) is 14.6. The van der Waals surface area contributed by atoms with Gasteiger partial charge in [-0.25, -0.2) is 9.48 Å². The fraction of sp³-hybridized carbons (Fsp3) is 0.500. The average Bonchev–Trinajstić information content (AvgIpc) is 3.56. The molecule has 0 radical (unpaired) electrons. The molecular weight excluding hydrogens is 614 g/mol. The first kappa shape index (κ1) is 31.7. The Labute approximate surface area is 280 Å². The highest BCUT2D eigenvalue weighted by Gasteiger charge is 2.55. The number of halogens is 1. The predicted molar refractivity (Wildman–Crippen MR) is 186 cm³/mol. The minimum atomic E-state index is -0.508. The molecule has 1 saturated carbocycles. The summed E-state index contributed by atoms with van der Waals surface area (Å²) < 4.78 is 15.9. The van der Waals surface area contributed by atoms with Gasteiger partial charge in [-0.05, 0) is 90.5 Å².